The average Bonchev–Trinajstić information content (AvgIpc) is 2.65. The number of halogens is 1. The van der Waals surface area contributed by atoms with Gasteiger partial charge in [-0.15, -0.1) is 0 Å². The molecule has 2 aromatic carbocycles. The van der Waals surface area contributed by atoms with Gasteiger partial charge in [0.2, 0.25) is 0 Å². The Morgan fingerprint density at radius 2 is 1.77 bits per heavy atom. The fraction of sp³-hybridized carbons (Fsp3) is 0.350. The molecule has 0 bridgehead atoms. The van der Waals surface area contributed by atoms with Crippen molar-refractivity contribution in [1.82, 2.24) is 5.32 Å². The van der Waals surface area contributed by atoms with Crippen LogP contribution in [-0.2, 0) is 4.74 Å². The first kappa shape index (κ1) is 18.8. The Labute approximate surface area is 159 Å². The van der Waals surface area contributed by atoms with Crippen LogP contribution >= 0.6 is 12.2 Å². The topological polar surface area (TPSA) is 37.7 Å². The molecular formula is C20H25FN3OS+. The van der Waals surface area contributed by atoms with E-state index >= 15 is 0 Å². The largest absolute Gasteiger partial charge is 0.370 e. The number of nitrogens with one attached hydrogen (secondary N) is 3. The van der Waals surface area contributed by atoms with Gasteiger partial charge in [-0.2, -0.15) is 0 Å². The second-order valence-electron chi connectivity index (χ2n) is 6.64. The molecule has 3 N–H and O–H groups in total. The molecule has 0 spiro atoms. The molecule has 138 valence electrons. The van der Waals surface area contributed by atoms with Crippen molar-refractivity contribution >= 4 is 23.0 Å². The molecule has 0 aromatic heterocycles. The van der Waals surface area contributed by atoms with Crippen LogP contribution in [0.5, 0.6) is 0 Å². The molecular weight excluding hydrogens is 349 g/mol. The van der Waals surface area contributed by atoms with Crippen molar-refractivity contribution in [3.05, 3.63) is 65.5 Å². The van der Waals surface area contributed by atoms with Crippen LogP contribution in [-0.4, -0.2) is 38.0 Å². The Balaban J connectivity index is 1.68. The maximum absolute atomic E-state index is 13.1. The van der Waals surface area contributed by atoms with E-state index in [4.69, 9.17) is 17.0 Å². The van der Waals surface area contributed by atoms with E-state index in [1.807, 2.05) is 0 Å². The summed E-state index contributed by atoms with van der Waals surface area (Å²) in [6, 6.07) is 14.8. The van der Waals surface area contributed by atoms with Crippen LogP contribution in [0.15, 0.2) is 48.5 Å². The molecule has 0 unspecified atom stereocenters. The van der Waals surface area contributed by atoms with Gasteiger partial charge in [0.25, 0.3) is 0 Å². The third kappa shape index (κ3) is 5.49. The normalized spacial score (nSPS) is 16.1. The number of aryl methyl sites for hydroxylation is 1. The number of benzene rings is 2. The fourth-order valence-corrected chi connectivity index (χ4v) is 3.32. The molecule has 1 aliphatic heterocycles. The minimum absolute atomic E-state index is 0.101. The molecule has 3 rings (SSSR count). The summed E-state index contributed by atoms with van der Waals surface area (Å²) in [5.41, 5.74) is 3.21. The first-order chi connectivity index (χ1) is 12.6. The van der Waals surface area contributed by atoms with Gasteiger partial charge in [-0.1, -0.05) is 29.8 Å². The summed E-state index contributed by atoms with van der Waals surface area (Å²) < 4.78 is 18.5. The predicted molar refractivity (Wildman–Crippen MR) is 106 cm³/mol. The number of hydrogen-bond acceptors (Lipinski definition) is 2. The number of thiocarbonyl (C=S) groups is 1. The number of morpholine rings is 1. The lowest BCUT2D eigenvalue weighted by molar-refractivity contribution is -0.909. The van der Waals surface area contributed by atoms with Crippen molar-refractivity contribution in [1.29, 1.82) is 0 Å². The van der Waals surface area contributed by atoms with Crippen molar-refractivity contribution in [2.45, 2.75) is 13.0 Å². The summed E-state index contributed by atoms with van der Waals surface area (Å²) in [6.45, 7) is 6.62. The molecule has 0 radical (unpaired) electrons. The predicted octanol–water partition coefficient (Wildman–Crippen LogP) is 2.08. The van der Waals surface area contributed by atoms with Crippen LogP contribution < -0.4 is 15.5 Å². The van der Waals surface area contributed by atoms with Crippen molar-refractivity contribution < 1.29 is 14.0 Å². The minimum Gasteiger partial charge on any atom is -0.370 e. The van der Waals surface area contributed by atoms with Gasteiger partial charge < -0.3 is 20.3 Å². The SMILES string of the molecule is Cc1ccc([C@@H](C[NH+]2CCOCC2)NC(=S)Nc2ccc(F)cc2)cc1. The number of anilines is 1. The maximum Gasteiger partial charge on any atom is 0.171 e. The van der Waals surface area contributed by atoms with Gasteiger partial charge in [-0.3, -0.25) is 0 Å². The van der Waals surface area contributed by atoms with E-state index in [1.54, 1.807) is 12.1 Å². The van der Waals surface area contributed by atoms with Gasteiger partial charge in [0.15, 0.2) is 5.11 Å². The van der Waals surface area contributed by atoms with Gasteiger partial charge in [-0.25, -0.2) is 4.39 Å². The Morgan fingerprint density at radius 3 is 2.42 bits per heavy atom. The zero-order chi connectivity index (χ0) is 18.4. The lowest BCUT2D eigenvalue weighted by atomic mass is 10.0. The van der Waals surface area contributed by atoms with E-state index in [0.29, 0.717) is 5.11 Å². The highest BCUT2D eigenvalue weighted by Crippen LogP contribution is 2.14. The van der Waals surface area contributed by atoms with E-state index in [1.165, 1.54) is 28.2 Å². The highest BCUT2D eigenvalue weighted by atomic mass is 32.1. The molecule has 26 heavy (non-hydrogen) atoms. The molecule has 1 heterocycles. The first-order valence-corrected chi connectivity index (χ1v) is 9.32. The third-order valence-electron chi connectivity index (χ3n) is 4.58. The van der Waals surface area contributed by atoms with Gasteiger partial charge >= 0.3 is 0 Å². The Bertz CT molecular complexity index is 715. The van der Waals surface area contributed by atoms with Crippen molar-refractivity contribution in [3.63, 3.8) is 0 Å². The van der Waals surface area contributed by atoms with Gasteiger partial charge in [0.05, 0.1) is 13.2 Å². The molecule has 1 aliphatic rings. The Hall–Kier alpha value is -2.02. The van der Waals surface area contributed by atoms with Gasteiger partial charge in [0.1, 0.15) is 31.5 Å². The average molecular weight is 375 g/mol. The molecule has 4 nitrogen and oxygen atoms in total. The van der Waals surface area contributed by atoms with Crippen molar-refractivity contribution in [2.75, 3.05) is 38.2 Å². The molecule has 1 atom stereocenters. The van der Waals surface area contributed by atoms with Crippen LogP contribution in [0.25, 0.3) is 0 Å². The van der Waals surface area contributed by atoms with Crippen molar-refractivity contribution in [2.24, 2.45) is 0 Å². The monoisotopic (exact) mass is 374 g/mol. The van der Waals surface area contributed by atoms with E-state index in [2.05, 4.69) is 41.8 Å². The summed E-state index contributed by atoms with van der Waals surface area (Å²) in [5.74, 6) is -0.261. The zero-order valence-electron chi connectivity index (χ0n) is 14.9. The second kappa shape index (κ2) is 9.07. The fourth-order valence-electron chi connectivity index (χ4n) is 3.06. The van der Waals surface area contributed by atoms with E-state index in [-0.39, 0.29) is 11.9 Å². The summed E-state index contributed by atoms with van der Waals surface area (Å²) in [6.07, 6.45) is 0. The Morgan fingerprint density at radius 1 is 1.12 bits per heavy atom. The standard InChI is InChI=1S/C20H24FN3OS/c1-15-2-4-16(5-3-15)19(14-24-10-12-25-13-11-24)23-20(26)22-18-8-6-17(21)7-9-18/h2-9,19H,10-14H2,1H3,(H2,22,23,26)/p+1/t19-/m1/s1. The molecule has 0 saturated carbocycles. The number of ether oxygens (including phenoxy) is 1. The lowest BCUT2D eigenvalue weighted by Gasteiger charge is -2.29. The molecule has 0 aliphatic carbocycles. The van der Waals surface area contributed by atoms with E-state index < -0.39 is 0 Å². The van der Waals surface area contributed by atoms with Crippen molar-refractivity contribution in [3.8, 4) is 0 Å². The van der Waals surface area contributed by atoms with E-state index in [0.717, 1.165) is 38.5 Å². The number of rotatable bonds is 5. The minimum atomic E-state index is -0.261. The molecule has 2 aromatic rings. The lowest BCUT2D eigenvalue weighted by Crippen LogP contribution is -3.14. The summed E-state index contributed by atoms with van der Waals surface area (Å²) in [7, 11) is 0. The number of hydrogen-bond donors (Lipinski definition) is 3. The number of quaternary nitrogens is 1. The molecule has 1 saturated heterocycles. The quantitative estimate of drug-likeness (QED) is 0.701. The summed E-state index contributed by atoms with van der Waals surface area (Å²) in [4.78, 5) is 1.50. The van der Waals surface area contributed by atoms with Gasteiger partial charge in [-0.05, 0) is 49.0 Å². The summed E-state index contributed by atoms with van der Waals surface area (Å²) >= 11 is 5.49. The Kier molecular flexibility index (Phi) is 6.55. The van der Waals surface area contributed by atoms with Crippen LogP contribution in [0, 0.1) is 12.7 Å². The summed E-state index contributed by atoms with van der Waals surface area (Å²) in [5, 5.41) is 7.10. The van der Waals surface area contributed by atoms with Gasteiger partial charge in [0, 0.05) is 5.69 Å². The molecule has 0 amide bonds. The first-order valence-electron chi connectivity index (χ1n) is 8.91. The maximum atomic E-state index is 13.1. The highest BCUT2D eigenvalue weighted by molar-refractivity contribution is 7.80. The highest BCUT2D eigenvalue weighted by Gasteiger charge is 2.22. The van der Waals surface area contributed by atoms with Crippen LogP contribution in [0.1, 0.15) is 17.2 Å². The van der Waals surface area contributed by atoms with Crippen LogP contribution in [0.3, 0.4) is 0 Å². The van der Waals surface area contributed by atoms with Crippen LogP contribution in [0.2, 0.25) is 0 Å². The molecule has 6 heteroatoms. The second-order valence-corrected chi connectivity index (χ2v) is 7.04. The zero-order valence-corrected chi connectivity index (χ0v) is 15.7. The third-order valence-corrected chi connectivity index (χ3v) is 4.80. The van der Waals surface area contributed by atoms with E-state index in [9.17, 15) is 4.39 Å². The molecule has 1 fully saturated rings. The van der Waals surface area contributed by atoms with Crippen LogP contribution in [0.4, 0.5) is 10.1 Å². The smallest absolute Gasteiger partial charge is 0.171 e.